The van der Waals surface area contributed by atoms with Gasteiger partial charge < -0.3 is 10.3 Å². The second-order valence-corrected chi connectivity index (χ2v) is 4.80. The Bertz CT molecular complexity index is 668. The van der Waals surface area contributed by atoms with E-state index < -0.39 is 0 Å². The standard InChI is InChI=1S/C17H18N2/c18-12-15-13-19(17-9-5-4-8-16(15)17)11-10-14-6-2-1-3-7-14/h1-9,13H,10-12,18H2. The van der Waals surface area contributed by atoms with E-state index in [4.69, 9.17) is 5.73 Å². The van der Waals surface area contributed by atoms with E-state index in [1.807, 2.05) is 0 Å². The molecular weight excluding hydrogens is 232 g/mol. The van der Waals surface area contributed by atoms with Crippen LogP contribution in [0.1, 0.15) is 11.1 Å². The van der Waals surface area contributed by atoms with E-state index in [1.165, 1.54) is 22.0 Å². The summed E-state index contributed by atoms with van der Waals surface area (Å²) in [7, 11) is 0. The Hall–Kier alpha value is -2.06. The number of hydrogen-bond donors (Lipinski definition) is 1. The van der Waals surface area contributed by atoms with Gasteiger partial charge in [0.2, 0.25) is 0 Å². The Morgan fingerprint density at radius 3 is 2.42 bits per heavy atom. The first-order chi connectivity index (χ1) is 9.38. The molecule has 1 aromatic heterocycles. The van der Waals surface area contributed by atoms with E-state index in [9.17, 15) is 0 Å². The molecular formula is C17H18N2. The number of aryl methyl sites for hydroxylation is 2. The first-order valence-corrected chi connectivity index (χ1v) is 6.69. The summed E-state index contributed by atoms with van der Waals surface area (Å²) in [5.74, 6) is 0. The molecule has 0 saturated carbocycles. The van der Waals surface area contributed by atoms with Crippen LogP contribution < -0.4 is 5.73 Å². The number of aromatic nitrogens is 1. The van der Waals surface area contributed by atoms with Crippen LogP contribution in [0.4, 0.5) is 0 Å². The monoisotopic (exact) mass is 250 g/mol. The second kappa shape index (κ2) is 5.29. The molecule has 2 nitrogen and oxygen atoms in total. The van der Waals surface area contributed by atoms with Crippen molar-refractivity contribution in [2.24, 2.45) is 5.73 Å². The van der Waals surface area contributed by atoms with Crippen LogP contribution in [-0.4, -0.2) is 4.57 Å². The van der Waals surface area contributed by atoms with Crippen LogP contribution in [0, 0.1) is 0 Å². The van der Waals surface area contributed by atoms with Gasteiger partial charge in [0, 0.05) is 30.2 Å². The quantitative estimate of drug-likeness (QED) is 0.756. The molecule has 0 aliphatic carbocycles. The summed E-state index contributed by atoms with van der Waals surface area (Å²) < 4.78 is 2.31. The number of rotatable bonds is 4. The number of hydrogen-bond acceptors (Lipinski definition) is 1. The molecule has 1 heterocycles. The van der Waals surface area contributed by atoms with Gasteiger partial charge in [-0.15, -0.1) is 0 Å². The Labute approximate surface area is 113 Å². The molecule has 2 heteroatoms. The van der Waals surface area contributed by atoms with E-state index in [-0.39, 0.29) is 0 Å². The summed E-state index contributed by atoms with van der Waals surface area (Å²) in [6.45, 7) is 1.59. The maximum Gasteiger partial charge on any atom is 0.0483 e. The molecule has 96 valence electrons. The first kappa shape index (κ1) is 12.0. The van der Waals surface area contributed by atoms with Gasteiger partial charge in [0.25, 0.3) is 0 Å². The third kappa shape index (κ3) is 2.40. The highest BCUT2D eigenvalue weighted by molar-refractivity contribution is 5.83. The SMILES string of the molecule is NCc1cn(CCc2ccccc2)c2ccccc12. The molecule has 0 fully saturated rings. The van der Waals surface area contributed by atoms with Crippen LogP contribution in [-0.2, 0) is 19.5 Å². The summed E-state index contributed by atoms with van der Waals surface area (Å²) in [5, 5.41) is 1.28. The van der Waals surface area contributed by atoms with Crippen LogP contribution in [0.5, 0.6) is 0 Å². The zero-order valence-corrected chi connectivity index (χ0v) is 10.9. The molecule has 0 spiro atoms. The van der Waals surface area contributed by atoms with Crippen molar-refractivity contribution in [3.63, 3.8) is 0 Å². The highest BCUT2D eigenvalue weighted by Gasteiger charge is 2.06. The lowest BCUT2D eigenvalue weighted by Crippen LogP contribution is -2.00. The predicted molar refractivity (Wildman–Crippen MR) is 80.0 cm³/mol. The minimum Gasteiger partial charge on any atom is -0.347 e. The number of fused-ring (bicyclic) bond motifs is 1. The molecule has 3 aromatic rings. The summed E-state index contributed by atoms with van der Waals surface area (Å²) in [6, 6.07) is 19.1. The molecule has 0 radical (unpaired) electrons. The number of para-hydroxylation sites is 1. The summed E-state index contributed by atoms with van der Waals surface area (Å²) >= 11 is 0. The molecule has 0 amide bonds. The topological polar surface area (TPSA) is 30.9 Å². The maximum absolute atomic E-state index is 5.82. The first-order valence-electron chi connectivity index (χ1n) is 6.69. The molecule has 0 saturated heterocycles. The van der Waals surface area contributed by atoms with Crippen LogP contribution in [0.2, 0.25) is 0 Å². The summed E-state index contributed by atoms with van der Waals surface area (Å²) in [6.07, 6.45) is 3.23. The Balaban J connectivity index is 1.89. The maximum atomic E-state index is 5.82. The van der Waals surface area contributed by atoms with Gasteiger partial charge in [-0.1, -0.05) is 48.5 Å². The van der Waals surface area contributed by atoms with Crippen molar-refractivity contribution in [1.29, 1.82) is 0 Å². The van der Waals surface area contributed by atoms with E-state index >= 15 is 0 Å². The zero-order valence-electron chi connectivity index (χ0n) is 10.9. The van der Waals surface area contributed by atoms with Gasteiger partial charge in [-0.05, 0) is 23.6 Å². The normalized spacial score (nSPS) is 11.0. The zero-order chi connectivity index (χ0) is 13.1. The largest absolute Gasteiger partial charge is 0.347 e. The molecule has 2 aromatic carbocycles. The van der Waals surface area contributed by atoms with Gasteiger partial charge in [-0.3, -0.25) is 0 Å². The van der Waals surface area contributed by atoms with E-state index in [2.05, 4.69) is 65.4 Å². The van der Waals surface area contributed by atoms with Gasteiger partial charge in [-0.25, -0.2) is 0 Å². The van der Waals surface area contributed by atoms with Crippen molar-refractivity contribution in [2.75, 3.05) is 0 Å². The molecule has 2 N–H and O–H groups in total. The molecule has 3 rings (SSSR count). The third-order valence-corrected chi connectivity index (χ3v) is 3.58. The highest BCUT2D eigenvalue weighted by atomic mass is 15.0. The van der Waals surface area contributed by atoms with Crippen molar-refractivity contribution in [1.82, 2.24) is 4.57 Å². The lowest BCUT2D eigenvalue weighted by Gasteiger charge is -2.05. The van der Waals surface area contributed by atoms with Crippen LogP contribution in [0.25, 0.3) is 10.9 Å². The third-order valence-electron chi connectivity index (χ3n) is 3.58. The minimum atomic E-state index is 0.596. The lowest BCUT2D eigenvalue weighted by molar-refractivity contribution is 0.720. The van der Waals surface area contributed by atoms with Crippen molar-refractivity contribution in [2.45, 2.75) is 19.5 Å². The van der Waals surface area contributed by atoms with E-state index in [0.29, 0.717) is 6.54 Å². The molecule has 0 aliphatic rings. The summed E-state index contributed by atoms with van der Waals surface area (Å²) in [4.78, 5) is 0. The number of nitrogens with zero attached hydrogens (tertiary/aromatic N) is 1. The van der Waals surface area contributed by atoms with Gasteiger partial charge in [0.05, 0.1) is 0 Å². The van der Waals surface area contributed by atoms with Crippen molar-refractivity contribution < 1.29 is 0 Å². The predicted octanol–water partition coefficient (Wildman–Crippen LogP) is 3.34. The average molecular weight is 250 g/mol. The van der Waals surface area contributed by atoms with Crippen molar-refractivity contribution in [3.05, 3.63) is 71.9 Å². The Morgan fingerprint density at radius 1 is 0.895 bits per heavy atom. The lowest BCUT2D eigenvalue weighted by atomic mass is 10.1. The fraction of sp³-hybridized carbons (Fsp3) is 0.176. The van der Waals surface area contributed by atoms with Crippen molar-refractivity contribution >= 4 is 10.9 Å². The van der Waals surface area contributed by atoms with E-state index in [1.54, 1.807) is 0 Å². The van der Waals surface area contributed by atoms with Gasteiger partial charge in [-0.2, -0.15) is 0 Å². The number of nitrogens with two attached hydrogens (primary N) is 1. The van der Waals surface area contributed by atoms with Gasteiger partial charge >= 0.3 is 0 Å². The molecule has 19 heavy (non-hydrogen) atoms. The smallest absolute Gasteiger partial charge is 0.0483 e. The van der Waals surface area contributed by atoms with Gasteiger partial charge in [0.1, 0.15) is 0 Å². The van der Waals surface area contributed by atoms with E-state index in [0.717, 1.165) is 13.0 Å². The van der Waals surface area contributed by atoms with Crippen molar-refractivity contribution in [3.8, 4) is 0 Å². The fourth-order valence-electron chi connectivity index (χ4n) is 2.56. The van der Waals surface area contributed by atoms with Crippen LogP contribution in [0.3, 0.4) is 0 Å². The minimum absolute atomic E-state index is 0.596. The highest BCUT2D eigenvalue weighted by Crippen LogP contribution is 2.21. The molecule has 0 aliphatic heterocycles. The average Bonchev–Trinajstić information content (AvgIpc) is 2.84. The Kier molecular flexibility index (Phi) is 3.34. The fourth-order valence-corrected chi connectivity index (χ4v) is 2.56. The van der Waals surface area contributed by atoms with Crippen LogP contribution >= 0.6 is 0 Å². The van der Waals surface area contributed by atoms with Gasteiger partial charge in [0.15, 0.2) is 0 Å². The number of benzene rings is 2. The Morgan fingerprint density at radius 2 is 1.63 bits per heavy atom. The van der Waals surface area contributed by atoms with Crippen LogP contribution in [0.15, 0.2) is 60.8 Å². The molecule has 0 bridgehead atoms. The second-order valence-electron chi connectivity index (χ2n) is 4.80. The summed E-state index contributed by atoms with van der Waals surface area (Å²) in [5.41, 5.74) is 9.70. The molecule has 0 unspecified atom stereocenters. The molecule has 0 atom stereocenters.